The first-order valence-electron chi connectivity index (χ1n) is 5.96. The zero-order valence-electron chi connectivity index (χ0n) is 10.1. The molecule has 6 heteroatoms. The Morgan fingerprint density at radius 3 is 2.95 bits per heavy atom. The predicted molar refractivity (Wildman–Crippen MR) is 84.8 cm³/mol. The molecule has 0 unspecified atom stereocenters. The van der Waals surface area contributed by atoms with Crippen molar-refractivity contribution in [1.29, 1.82) is 0 Å². The number of hydrogen-bond acceptors (Lipinski definition) is 4. The Balaban J connectivity index is 1.81. The molecule has 0 bridgehead atoms. The molecule has 0 aliphatic rings. The van der Waals surface area contributed by atoms with E-state index < -0.39 is 0 Å². The molecule has 0 radical (unpaired) electrons. The van der Waals surface area contributed by atoms with Crippen LogP contribution in [0.1, 0.15) is 0 Å². The molecular formula is C14H8ClN3S2. The van der Waals surface area contributed by atoms with Gasteiger partial charge in [0, 0.05) is 16.3 Å². The van der Waals surface area contributed by atoms with Crippen LogP contribution in [0.15, 0.2) is 51.8 Å². The number of thiophene rings is 1. The molecule has 98 valence electrons. The van der Waals surface area contributed by atoms with Crippen molar-refractivity contribution in [2.45, 2.75) is 10.1 Å². The van der Waals surface area contributed by atoms with Gasteiger partial charge in [0.1, 0.15) is 9.86 Å². The molecule has 0 saturated carbocycles. The van der Waals surface area contributed by atoms with E-state index in [2.05, 4.69) is 33.2 Å². The maximum Gasteiger partial charge on any atom is 0.224 e. The summed E-state index contributed by atoms with van der Waals surface area (Å²) in [6.07, 6.45) is 0. The Morgan fingerprint density at radius 2 is 2.05 bits per heavy atom. The van der Waals surface area contributed by atoms with Gasteiger partial charge in [0.2, 0.25) is 5.28 Å². The van der Waals surface area contributed by atoms with Gasteiger partial charge in [-0.1, -0.05) is 30.0 Å². The van der Waals surface area contributed by atoms with Gasteiger partial charge in [-0.15, -0.1) is 11.3 Å². The number of halogens is 1. The summed E-state index contributed by atoms with van der Waals surface area (Å²) in [5, 5.41) is 6.46. The average Bonchev–Trinajstić information content (AvgIpc) is 3.03. The Bertz CT molecular complexity index is 880. The highest BCUT2D eigenvalue weighted by atomic mass is 35.5. The molecular weight excluding hydrogens is 310 g/mol. The lowest BCUT2D eigenvalue weighted by Gasteiger charge is -2.00. The minimum Gasteiger partial charge on any atom is -0.349 e. The summed E-state index contributed by atoms with van der Waals surface area (Å²) in [5.74, 6) is 0. The molecule has 3 heterocycles. The van der Waals surface area contributed by atoms with Crippen molar-refractivity contribution in [2.24, 2.45) is 0 Å². The average molecular weight is 318 g/mol. The van der Waals surface area contributed by atoms with Crippen LogP contribution >= 0.6 is 34.7 Å². The van der Waals surface area contributed by atoms with Gasteiger partial charge in [0.25, 0.3) is 0 Å². The fourth-order valence-electron chi connectivity index (χ4n) is 2.09. The maximum atomic E-state index is 5.99. The van der Waals surface area contributed by atoms with Crippen molar-refractivity contribution in [2.75, 3.05) is 0 Å². The molecule has 0 aliphatic heterocycles. The third kappa shape index (κ3) is 2.08. The van der Waals surface area contributed by atoms with E-state index in [9.17, 15) is 0 Å². The molecule has 1 N–H and O–H groups in total. The van der Waals surface area contributed by atoms with Crippen LogP contribution in [0.2, 0.25) is 5.28 Å². The van der Waals surface area contributed by atoms with E-state index in [0.29, 0.717) is 5.28 Å². The lowest BCUT2D eigenvalue weighted by atomic mass is 10.3. The maximum absolute atomic E-state index is 5.99. The van der Waals surface area contributed by atoms with Gasteiger partial charge in [0.15, 0.2) is 0 Å². The number of nitrogens with one attached hydrogen (secondary N) is 1. The van der Waals surface area contributed by atoms with Gasteiger partial charge in [0.05, 0.1) is 5.03 Å². The molecule has 0 amide bonds. The lowest BCUT2D eigenvalue weighted by molar-refractivity contribution is 1.10. The van der Waals surface area contributed by atoms with Crippen molar-refractivity contribution >= 4 is 55.8 Å². The van der Waals surface area contributed by atoms with Gasteiger partial charge < -0.3 is 4.98 Å². The van der Waals surface area contributed by atoms with Crippen molar-refractivity contribution < 1.29 is 0 Å². The molecule has 3 nitrogen and oxygen atoms in total. The van der Waals surface area contributed by atoms with E-state index in [-0.39, 0.29) is 0 Å². The van der Waals surface area contributed by atoms with Crippen LogP contribution in [-0.2, 0) is 0 Å². The number of benzene rings is 1. The van der Waals surface area contributed by atoms with E-state index in [1.54, 1.807) is 23.1 Å². The summed E-state index contributed by atoms with van der Waals surface area (Å²) in [6.45, 7) is 0. The number of H-pyrrole nitrogens is 1. The minimum atomic E-state index is 0.290. The molecule has 4 rings (SSSR count). The van der Waals surface area contributed by atoms with Crippen LogP contribution in [0, 0.1) is 0 Å². The first kappa shape index (κ1) is 12.2. The van der Waals surface area contributed by atoms with Crippen LogP contribution in [0.5, 0.6) is 0 Å². The smallest absolute Gasteiger partial charge is 0.224 e. The SMILES string of the molecule is Clc1nc(Sc2cc3ccccc3[nH]2)c2ccsc2n1. The molecule has 0 fully saturated rings. The van der Waals surface area contributed by atoms with Crippen molar-refractivity contribution in [3.63, 3.8) is 0 Å². The predicted octanol–water partition coefficient (Wildman–Crippen LogP) is 4.98. The fourth-order valence-corrected chi connectivity index (χ4v) is 4.15. The second-order valence-electron chi connectivity index (χ2n) is 4.26. The van der Waals surface area contributed by atoms with Gasteiger partial charge >= 0.3 is 0 Å². The molecule has 20 heavy (non-hydrogen) atoms. The van der Waals surface area contributed by atoms with Crippen LogP contribution < -0.4 is 0 Å². The van der Waals surface area contributed by atoms with Crippen molar-refractivity contribution in [3.05, 3.63) is 47.1 Å². The Labute approximate surface area is 128 Å². The van der Waals surface area contributed by atoms with Crippen LogP contribution in [0.3, 0.4) is 0 Å². The highest BCUT2D eigenvalue weighted by Gasteiger charge is 2.10. The minimum absolute atomic E-state index is 0.290. The molecule has 1 aromatic carbocycles. The second kappa shape index (κ2) is 4.77. The largest absolute Gasteiger partial charge is 0.349 e. The van der Waals surface area contributed by atoms with Gasteiger partial charge in [-0.25, -0.2) is 9.97 Å². The van der Waals surface area contributed by atoms with E-state index in [4.69, 9.17) is 11.6 Å². The number of fused-ring (bicyclic) bond motifs is 2. The standard InChI is InChI=1S/C14H8ClN3S2/c15-14-17-12-9(5-6-19-12)13(18-14)20-11-7-8-3-1-2-4-10(8)16-11/h1-7,16H. The first-order chi connectivity index (χ1) is 9.79. The van der Waals surface area contributed by atoms with E-state index in [1.807, 2.05) is 23.6 Å². The van der Waals surface area contributed by atoms with Crippen LogP contribution in [0.25, 0.3) is 21.1 Å². The second-order valence-corrected chi connectivity index (χ2v) is 6.52. The topological polar surface area (TPSA) is 41.6 Å². The van der Waals surface area contributed by atoms with Gasteiger partial charge in [-0.3, -0.25) is 0 Å². The first-order valence-corrected chi connectivity index (χ1v) is 8.03. The zero-order valence-corrected chi connectivity index (χ0v) is 12.5. The number of rotatable bonds is 2. The summed E-state index contributed by atoms with van der Waals surface area (Å²) in [4.78, 5) is 12.9. The summed E-state index contributed by atoms with van der Waals surface area (Å²) in [7, 11) is 0. The molecule has 4 aromatic rings. The summed E-state index contributed by atoms with van der Waals surface area (Å²) in [5.41, 5.74) is 1.12. The Morgan fingerprint density at radius 1 is 1.15 bits per heavy atom. The summed E-state index contributed by atoms with van der Waals surface area (Å²) >= 11 is 9.14. The molecule has 0 saturated heterocycles. The molecule has 3 aromatic heterocycles. The summed E-state index contributed by atoms with van der Waals surface area (Å²) in [6, 6.07) is 12.3. The van der Waals surface area contributed by atoms with Crippen LogP contribution in [-0.4, -0.2) is 15.0 Å². The Kier molecular flexibility index (Phi) is 2.91. The molecule has 0 atom stereocenters. The third-order valence-corrected chi connectivity index (χ3v) is 4.89. The van der Waals surface area contributed by atoms with Gasteiger partial charge in [-0.2, -0.15) is 0 Å². The highest BCUT2D eigenvalue weighted by Crippen LogP contribution is 2.35. The quantitative estimate of drug-likeness (QED) is 0.419. The number of nitrogens with zero attached hydrogens (tertiary/aromatic N) is 2. The van der Waals surface area contributed by atoms with Crippen molar-refractivity contribution in [1.82, 2.24) is 15.0 Å². The lowest BCUT2D eigenvalue weighted by Crippen LogP contribution is -1.86. The van der Waals surface area contributed by atoms with Crippen molar-refractivity contribution in [3.8, 4) is 0 Å². The van der Waals surface area contributed by atoms with E-state index >= 15 is 0 Å². The number of hydrogen-bond donors (Lipinski definition) is 1. The third-order valence-electron chi connectivity index (χ3n) is 2.97. The number of para-hydroxylation sites is 1. The Hall–Kier alpha value is -1.56. The summed E-state index contributed by atoms with van der Waals surface area (Å²) < 4.78 is 0. The monoisotopic (exact) mass is 317 g/mol. The zero-order chi connectivity index (χ0) is 13.5. The van der Waals surface area contributed by atoms with Gasteiger partial charge in [-0.05, 0) is 35.2 Å². The molecule has 0 aliphatic carbocycles. The number of aromatic nitrogens is 3. The van der Waals surface area contributed by atoms with E-state index in [0.717, 1.165) is 25.8 Å². The van der Waals surface area contributed by atoms with Crippen LogP contribution in [0.4, 0.5) is 0 Å². The molecule has 0 spiro atoms. The highest BCUT2D eigenvalue weighted by molar-refractivity contribution is 7.99. The fraction of sp³-hybridized carbons (Fsp3) is 0. The normalized spacial score (nSPS) is 11.4. The number of aromatic amines is 1. The van der Waals surface area contributed by atoms with E-state index in [1.165, 1.54) is 5.39 Å².